The molecule has 0 aliphatic rings. The van der Waals surface area contributed by atoms with E-state index in [4.69, 9.17) is 8.94 Å². The van der Waals surface area contributed by atoms with Gasteiger partial charge in [-0.25, -0.2) is 9.78 Å². The Labute approximate surface area is 161 Å². The standard InChI is InChI=1S/C20H21N3O5/c1-5-6-7-15(20(25)26)21-18(24)14-9-16(13-8-10(2)27-12(13)4)22-19-17(14)11(3)23-28-19/h5,8-9,15H,1,6-7H2,2-4H3,(H,21,24)(H,25,26). The number of carbonyl (C=O) groups is 2. The van der Waals surface area contributed by atoms with Crippen molar-refractivity contribution in [1.29, 1.82) is 0 Å². The lowest BCUT2D eigenvalue weighted by Crippen LogP contribution is -2.40. The van der Waals surface area contributed by atoms with Crippen LogP contribution in [0.4, 0.5) is 0 Å². The zero-order chi connectivity index (χ0) is 20.4. The molecule has 3 heterocycles. The summed E-state index contributed by atoms with van der Waals surface area (Å²) in [6.45, 7) is 8.90. The molecule has 3 rings (SSSR count). The number of amides is 1. The van der Waals surface area contributed by atoms with Gasteiger partial charge >= 0.3 is 5.97 Å². The number of rotatable bonds is 7. The number of nitrogens with one attached hydrogen (secondary N) is 1. The minimum absolute atomic E-state index is 0.205. The highest BCUT2D eigenvalue weighted by Gasteiger charge is 2.25. The molecule has 8 heteroatoms. The number of aromatic nitrogens is 2. The van der Waals surface area contributed by atoms with E-state index in [0.29, 0.717) is 34.7 Å². The lowest BCUT2D eigenvalue weighted by molar-refractivity contribution is -0.139. The second kappa shape index (κ2) is 7.67. The van der Waals surface area contributed by atoms with E-state index in [2.05, 4.69) is 22.0 Å². The molecule has 0 radical (unpaired) electrons. The number of carboxylic acids is 1. The Bertz CT molecular complexity index is 1060. The van der Waals surface area contributed by atoms with E-state index in [0.717, 1.165) is 5.56 Å². The van der Waals surface area contributed by atoms with Crippen LogP contribution in [0, 0.1) is 20.8 Å². The number of aryl methyl sites for hydroxylation is 3. The molecule has 1 amide bonds. The number of furan rings is 1. The fourth-order valence-electron chi connectivity index (χ4n) is 3.07. The summed E-state index contributed by atoms with van der Waals surface area (Å²) in [5.74, 6) is -0.274. The molecule has 0 aliphatic carbocycles. The van der Waals surface area contributed by atoms with Crippen LogP contribution in [0.25, 0.3) is 22.4 Å². The van der Waals surface area contributed by atoms with Crippen LogP contribution in [0.15, 0.2) is 33.7 Å². The Balaban J connectivity index is 2.06. The number of carbonyl (C=O) groups excluding carboxylic acids is 1. The van der Waals surface area contributed by atoms with Gasteiger partial charge in [0.05, 0.1) is 22.3 Å². The molecule has 0 aromatic carbocycles. The van der Waals surface area contributed by atoms with Gasteiger partial charge in [0.2, 0.25) is 0 Å². The van der Waals surface area contributed by atoms with Gasteiger partial charge in [-0.3, -0.25) is 4.79 Å². The quantitative estimate of drug-likeness (QED) is 0.599. The zero-order valence-electron chi connectivity index (χ0n) is 15.9. The highest BCUT2D eigenvalue weighted by atomic mass is 16.5. The highest BCUT2D eigenvalue weighted by Crippen LogP contribution is 2.30. The monoisotopic (exact) mass is 383 g/mol. The Morgan fingerprint density at radius 3 is 2.68 bits per heavy atom. The maximum Gasteiger partial charge on any atom is 0.326 e. The van der Waals surface area contributed by atoms with E-state index >= 15 is 0 Å². The fourth-order valence-corrected chi connectivity index (χ4v) is 3.07. The molecule has 8 nitrogen and oxygen atoms in total. The summed E-state index contributed by atoms with van der Waals surface area (Å²) in [6, 6.07) is 2.39. The Morgan fingerprint density at radius 2 is 2.07 bits per heavy atom. The number of allylic oxidation sites excluding steroid dienone is 1. The summed E-state index contributed by atoms with van der Waals surface area (Å²) < 4.78 is 10.8. The van der Waals surface area contributed by atoms with Crippen LogP contribution >= 0.6 is 0 Å². The van der Waals surface area contributed by atoms with Gasteiger partial charge in [-0.05, 0) is 45.7 Å². The van der Waals surface area contributed by atoms with Crippen molar-refractivity contribution < 1.29 is 23.6 Å². The summed E-state index contributed by atoms with van der Waals surface area (Å²) in [7, 11) is 0. The smallest absolute Gasteiger partial charge is 0.326 e. The molecule has 28 heavy (non-hydrogen) atoms. The molecule has 3 aromatic heterocycles. The van der Waals surface area contributed by atoms with Gasteiger partial charge in [-0.2, -0.15) is 0 Å². The molecule has 2 N–H and O–H groups in total. The molecule has 0 fully saturated rings. The molecule has 0 aliphatic heterocycles. The lowest BCUT2D eigenvalue weighted by Gasteiger charge is -2.14. The van der Waals surface area contributed by atoms with Crippen molar-refractivity contribution in [2.45, 2.75) is 39.7 Å². The van der Waals surface area contributed by atoms with Crippen molar-refractivity contribution in [3.05, 3.63) is 47.6 Å². The SMILES string of the molecule is C=CCCC(NC(=O)c1cc(-c2cc(C)oc2C)nc2onc(C)c12)C(=O)O. The molecule has 0 saturated carbocycles. The Hall–Kier alpha value is -3.42. The van der Waals surface area contributed by atoms with Crippen molar-refractivity contribution in [2.75, 3.05) is 0 Å². The van der Waals surface area contributed by atoms with Crippen LogP contribution < -0.4 is 5.32 Å². The topological polar surface area (TPSA) is 118 Å². The first-order valence-corrected chi connectivity index (χ1v) is 8.80. The first-order valence-electron chi connectivity index (χ1n) is 8.80. The first-order chi connectivity index (χ1) is 13.3. The number of fused-ring (bicyclic) bond motifs is 1. The van der Waals surface area contributed by atoms with Crippen LogP contribution in [0.5, 0.6) is 0 Å². The summed E-state index contributed by atoms with van der Waals surface area (Å²) >= 11 is 0. The molecule has 0 bridgehead atoms. The molecule has 3 aromatic rings. The first kappa shape index (κ1) is 19.3. The van der Waals surface area contributed by atoms with Crippen LogP contribution in [-0.4, -0.2) is 33.2 Å². The second-order valence-electron chi connectivity index (χ2n) is 6.56. The molecular weight excluding hydrogens is 362 g/mol. The van der Waals surface area contributed by atoms with Gasteiger partial charge < -0.3 is 19.4 Å². The molecule has 146 valence electrons. The number of carboxylic acid groups (broad SMARTS) is 1. The number of nitrogens with zero attached hydrogens (tertiary/aromatic N) is 2. The summed E-state index contributed by atoms with van der Waals surface area (Å²) in [5, 5.41) is 16.3. The van der Waals surface area contributed by atoms with Gasteiger partial charge in [0.15, 0.2) is 0 Å². The van der Waals surface area contributed by atoms with Crippen molar-refractivity contribution in [2.24, 2.45) is 0 Å². The third-order valence-electron chi connectivity index (χ3n) is 4.44. The predicted molar refractivity (Wildman–Crippen MR) is 102 cm³/mol. The van der Waals surface area contributed by atoms with E-state index in [1.165, 1.54) is 0 Å². The average Bonchev–Trinajstić information content (AvgIpc) is 3.19. The number of hydrogen-bond donors (Lipinski definition) is 2. The zero-order valence-corrected chi connectivity index (χ0v) is 15.9. The van der Waals surface area contributed by atoms with E-state index in [9.17, 15) is 14.7 Å². The van der Waals surface area contributed by atoms with Gasteiger partial charge in [-0.15, -0.1) is 6.58 Å². The Morgan fingerprint density at radius 1 is 1.32 bits per heavy atom. The molecule has 1 atom stereocenters. The van der Waals surface area contributed by atoms with Crippen molar-refractivity contribution in [3.63, 3.8) is 0 Å². The fraction of sp³-hybridized carbons (Fsp3) is 0.300. The van der Waals surface area contributed by atoms with Crippen LogP contribution in [0.2, 0.25) is 0 Å². The van der Waals surface area contributed by atoms with E-state index in [1.54, 1.807) is 26.0 Å². The van der Waals surface area contributed by atoms with Gasteiger partial charge in [-0.1, -0.05) is 11.2 Å². The molecule has 0 spiro atoms. The molecular formula is C20H21N3O5. The van der Waals surface area contributed by atoms with E-state index in [1.807, 2.05) is 13.0 Å². The predicted octanol–water partition coefficient (Wildman–Crippen LogP) is 3.56. The minimum atomic E-state index is -1.11. The van der Waals surface area contributed by atoms with Gasteiger partial charge in [0, 0.05) is 5.56 Å². The number of hydrogen-bond acceptors (Lipinski definition) is 6. The average molecular weight is 383 g/mol. The van der Waals surface area contributed by atoms with E-state index in [-0.39, 0.29) is 17.7 Å². The van der Waals surface area contributed by atoms with Gasteiger partial charge in [0.25, 0.3) is 11.6 Å². The van der Waals surface area contributed by atoms with Crippen molar-refractivity contribution in [3.8, 4) is 11.3 Å². The Kier molecular flexibility index (Phi) is 5.30. The number of aliphatic carboxylic acids is 1. The summed E-state index contributed by atoms with van der Waals surface area (Å²) in [6.07, 6.45) is 2.32. The minimum Gasteiger partial charge on any atom is -0.480 e. The number of pyridine rings is 1. The normalized spacial score (nSPS) is 12.1. The second-order valence-corrected chi connectivity index (χ2v) is 6.56. The third kappa shape index (κ3) is 3.66. The van der Waals surface area contributed by atoms with Crippen LogP contribution in [0.1, 0.15) is 40.4 Å². The highest BCUT2D eigenvalue weighted by molar-refractivity contribution is 6.08. The maximum atomic E-state index is 12.9. The van der Waals surface area contributed by atoms with Crippen molar-refractivity contribution in [1.82, 2.24) is 15.5 Å². The maximum absolute atomic E-state index is 12.9. The summed E-state index contributed by atoms with van der Waals surface area (Å²) in [5.41, 5.74) is 2.17. The van der Waals surface area contributed by atoms with E-state index < -0.39 is 17.9 Å². The van der Waals surface area contributed by atoms with Gasteiger partial charge in [0.1, 0.15) is 17.6 Å². The largest absolute Gasteiger partial charge is 0.480 e. The summed E-state index contributed by atoms with van der Waals surface area (Å²) in [4.78, 5) is 28.9. The van der Waals surface area contributed by atoms with Crippen LogP contribution in [-0.2, 0) is 4.79 Å². The van der Waals surface area contributed by atoms with Crippen LogP contribution in [0.3, 0.4) is 0 Å². The molecule has 1 unspecified atom stereocenters. The molecule has 0 saturated heterocycles. The third-order valence-corrected chi connectivity index (χ3v) is 4.44. The van der Waals surface area contributed by atoms with Crippen molar-refractivity contribution >= 4 is 23.0 Å². The lowest BCUT2D eigenvalue weighted by atomic mass is 10.0.